The minimum Gasteiger partial charge on any atom is -0.493 e. The fourth-order valence-corrected chi connectivity index (χ4v) is 4.42. The molecule has 4 rings (SSSR count). The molecule has 1 aliphatic heterocycles. The summed E-state index contributed by atoms with van der Waals surface area (Å²) >= 11 is 1.60. The van der Waals surface area contributed by atoms with Gasteiger partial charge in [0.2, 0.25) is 11.7 Å². The maximum Gasteiger partial charge on any atom is 0.317 e. The van der Waals surface area contributed by atoms with Crippen molar-refractivity contribution in [2.45, 2.75) is 25.8 Å². The van der Waals surface area contributed by atoms with Crippen molar-refractivity contribution in [3.8, 4) is 22.9 Å². The predicted molar refractivity (Wildman–Crippen MR) is 117 cm³/mol. The molecule has 1 N–H and O–H groups in total. The number of amides is 2. The number of carbonyl (C=O) groups is 1. The first kappa shape index (κ1) is 21.2. The van der Waals surface area contributed by atoms with Gasteiger partial charge in [-0.25, -0.2) is 4.79 Å². The number of likely N-dealkylation sites (tertiary alicyclic amines) is 1. The highest BCUT2D eigenvalue weighted by Gasteiger charge is 2.25. The molecule has 0 spiro atoms. The third kappa shape index (κ3) is 5.16. The van der Waals surface area contributed by atoms with E-state index in [4.69, 9.17) is 14.0 Å². The Morgan fingerprint density at radius 3 is 2.94 bits per heavy atom. The van der Waals surface area contributed by atoms with E-state index in [1.807, 2.05) is 39.9 Å². The van der Waals surface area contributed by atoms with Crippen LogP contribution in [-0.4, -0.2) is 48.4 Å². The second-order valence-corrected chi connectivity index (χ2v) is 8.31. The molecule has 3 aromatic rings. The van der Waals surface area contributed by atoms with Gasteiger partial charge in [0.15, 0.2) is 11.5 Å². The van der Waals surface area contributed by atoms with Crippen LogP contribution in [0.4, 0.5) is 4.79 Å². The standard InChI is InChI=1S/C22H26N4O4S/c1-28-18-6-5-15(10-19(18)29-2)12-23-22(27)26-8-3-4-16(13-26)11-20-24-21(25-30-20)17-7-9-31-14-17/h5-7,9-10,14,16H,3-4,8,11-13H2,1-2H3,(H,23,27)/t16-/m0/s1. The zero-order valence-corrected chi connectivity index (χ0v) is 18.5. The molecule has 1 aliphatic rings. The topological polar surface area (TPSA) is 89.7 Å². The van der Waals surface area contributed by atoms with Gasteiger partial charge in [-0.1, -0.05) is 11.2 Å². The van der Waals surface area contributed by atoms with Crippen molar-refractivity contribution in [2.75, 3.05) is 27.3 Å². The van der Waals surface area contributed by atoms with Crippen LogP contribution in [0.2, 0.25) is 0 Å². The van der Waals surface area contributed by atoms with Crippen LogP contribution in [0.3, 0.4) is 0 Å². The first-order chi connectivity index (χ1) is 15.2. The second-order valence-electron chi connectivity index (χ2n) is 7.53. The van der Waals surface area contributed by atoms with Crippen LogP contribution in [0.25, 0.3) is 11.4 Å². The molecule has 2 amide bonds. The van der Waals surface area contributed by atoms with Gasteiger partial charge in [-0.3, -0.25) is 0 Å². The first-order valence-electron chi connectivity index (χ1n) is 10.2. The van der Waals surface area contributed by atoms with E-state index in [1.165, 1.54) is 0 Å². The van der Waals surface area contributed by atoms with E-state index in [0.717, 1.165) is 30.5 Å². The fraction of sp³-hybridized carbons (Fsp3) is 0.409. The monoisotopic (exact) mass is 442 g/mol. The molecular weight excluding hydrogens is 416 g/mol. The number of aromatic nitrogens is 2. The van der Waals surface area contributed by atoms with Crippen molar-refractivity contribution in [2.24, 2.45) is 5.92 Å². The van der Waals surface area contributed by atoms with Gasteiger partial charge in [0.1, 0.15) is 0 Å². The minimum atomic E-state index is -0.0658. The Morgan fingerprint density at radius 1 is 1.29 bits per heavy atom. The number of methoxy groups -OCH3 is 2. The summed E-state index contributed by atoms with van der Waals surface area (Å²) in [6.45, 7) is 1.85. The maximum atomic E-state index is 12.7. The molecule has 0 unspecified atom stereocenters. The maximum absolute atomic E-state index is 12.7. The molecule has 1 atom stereocenters. The van der Waals surface area contributed by atoms with Gasteiger partial charge in [-0.2, -0.15) is 16.3 Å². The Morgan fingerprint density at radius 2 is 2.16 bits per heavy atom. The molecule has 3 heterocycles. The average Bonchev–Trinajstić information content (AvgIpc) is 3.49. The van der Waals surface area contributed by atoms with Crippen LogP contribution in [0.5, 0.6) is 11.5 Å². The van der Waals surface area contributed by atoms with Crippen LogP contribution in [0, 0.1) is 5.92 Å². The van der Waals surface area contributed by atoms with Crippen molar-refractivity contribution in [1.82, 2.24) is 20.4 Å². The van der Waals surface area contributed by atoms with Gasteiger partial charge in [0.05, 0.1) is 14.2 Å². The molecule has 31 heavy (non-hydrogen) atoms. The lowest BCUT2D eigenvalue weighted by Crippen LogP contribution is -2.45. The van der Waals surface area contributed by atoms with Gasteiger partial charge >= 0.3 is 6.03 Å². The lowest BCUT2D eigenvalue weighted by molar-refractivity contribution is 0.161. The number of urea groups is 1. The number of ether oxygens (including phenoxy) is 2. The normalized spacial score (nSPS) is 16.2. The molecule has 1 aromatic carbocycles. The molecule has 0 radical (unpaired) electrons. The lowest BCUT2D eigenvalue weighted by atomic mass is 9.95. The highest BCUT2D eigenvalue weighted by molar-refractivity contribution is 7.08. The summed E-state index contributed by atoms with van der Waals surface area (Å²) in [7, 11) is 3.20. The molecule has 0 bridgehead atoms. The Labute approximate surface area is 185 Å². The molecule has 1 fully saturated rings. The number of carbonyl (C=O) groups excluding carboxylic acids is 1. The molecule has 8 nitrogen and oxygen atoms in total. The summed E-state index contributed by atoms with van der Waals surface area (Å²) in [5.41, 5.74) is 1.92. The van der Waals surface area contributed by atoms with E-state index in [1.54, 1.807) is 25.6 Å². The summed E-state index contributed by atoms with van der Waals surface area (Å²) in [5.74, 6) is 2.86. The number of piperidine rings is 1. The van der Waals surface area contributed by atoms with Crippen LogP contribution in [0.1, 0.15) is 24.3 Å². The Balaban J connectivity index is 1.30. The van der Waals surface area contributed by atoms with Crippen molar-refractivity contribution in [3.63, 3.8) is 0 Å². The third-order valence-electron chi connectivity index (χ3n) is 5.41. The van der Waals surface area contributed by atoms with Crippen LogP contribution < -0.4 is 14.8 Å². The molecule has 0 aliphatic carbocycles. The number of nitrogens with zero attached hydrogens (tertiary/aromatic N) is 3. The van der Waals surface area contributed by atoms with Crippen LogP contribution in [-0.2, 0) is 13.0 Å². The largest absolute Gasteiger partial charge is 0.493 e. The molecule has 1 saturated heterocycles. The third-order valence-corrected chi connectivity index (χ3v) is 6.09. The number of benzene rings is 1. The van der Waals surface area contributed by atoms with Gasteiger partial charge in [-0.15, -0.1) is 0 Å². The Kier molecular flexibility index (Phi) is 6.71. The smallest absolute Gasteiger partial charge is 0.317 e. The minimum absolute atomic E-state index is 0.0658. The predicted octanol–water partition coefficient (Wildman–Crippen LogP) is 3.98. The molecule has 0 saturated carbocycles. The molecule has 2 aromatic heterocycles. The highest BCUT2D eigenvalue weighted by Crippen LogP contribution is 2.27. The number of rotatable bonds is 7. The molecule has 164 valence electrons. The number of hydrogen-bond acceptors (Lipinski definition) is 7. The SMILES string of the molecule is COc1ccc(CNC(=O)N2CCC[C@@H](Cc3nc(-c4ccsc4)no3)C2)cc1OC. The van der Waals surface area contributed by atoms with E-state index in [0.29, 0.717) is 48.6 Å². The van der Waals surface area contributed by atoms with Crippen molar-refractivity contribution in [3.05, 3.63) is 46.5 Å². The fourth-order valence-electron chi connectivity index (χ4n) is 3.79. The van der Waals surface area contributed by atoms with Gasteiger partial charge < -0.3 is 24.2 Å². The number of nitrogens with one attached hydrogen (secondary N) is 1. The van der Waals surface area contributed by atoms with Crippen LogP contribution in [0.15, 0.2) is 39.5 Å². The van der Waals surface area contributed by atoms with Crippen molar-refractivity contribution < 1.29 is 18.8 Å². The van der Waals surface area contributed by atoms with E-state index in [-0.39, 0.29) is 6.03 Å². The van der Waals surface area contributed by atoms with Gasteiger partial charge in [0.25, 0.3) is 0 Å². The van der Waals surface area contributed by atoms with Crippen molar-refractivity contribution in [1.29, 1.82) is 0 Å². The van der Waals surface area contributed by atoms with Gasteiger partial charge in [0, 0.05) is 37.0 Å². The van der Waals surface area contributed by atoms with Gasteiger partial charge in [-0.05, 0) is 47.9 Å². The van der Waals surface area contributed by atoms with Crippen molar-refractivity contribution >= 4 is 17.4 Å². The zero-order chi connectivity index (χ0) is 21.6. The summed E-state index contributed by atoms with van der Waals surface area (Å²) in [6, 6.07) is 7.54. The van der Waals surface area contributed by atoms with E-state index in [9.17, 15) is 4.79 Å². The van der Waals surface area contributed by atoms with Crippen LogP contribution >= 0.6 is 11.3 Å². The molecular formula is C22H26N4O4S. The summed E-state index contributed by atoms with van der Waals surface area (Å²) in [6.07, 6.45) is 2.67. The summed E-state index contributed by atoms with van der Waals surface area (Å²) in [4.78, 5) is 19.1. The van der Waals surface area contributed by atoms with E-state index < -0.39 is 0 Å². The number of hydrogen-bond donors (Lipinski definition) is 1. The first-order valence-corrected chi connectivity index (χ1v) is 11.2. The lowest BCUT2D eigenvalue weighted by Gasteiger charge is -2.32. The zero-order valence-electron chi connectivity index (χ0n) is 17.7. The highest BCUT2D eigenvalue weighted by atomic mass is 32.1. The average molecular weight is 443 g/mol. The van der Waals surface area contributed by atoms with E-state index in [2.05, 4.69) is 15.5 Å². The number of thiophene rings is 1. The van der Waals surface area contributed by atoms with E-state index >= 15 is 0 Å². The Bertz CT molecular complexity index is 1000. The summed E-state index contributed by atoms with van der Waals surface area (Å²) in [5, 5.41) is 11.1. The molecule has 9 heteroatoms. The quantitative estimate of drug-likeness (QED) is 0.595. The second kappa shape index (κ2) is 9.82. The Hall–Kier alpha value is -3.07. The summed E-state index contributed by atoms with van der Waals surface area (Å²) < 4.78 is 16.0.